The van der Waals surface area contributed by atoms with E-state index in [1.807, 2.05) is 60.7 Å². The molecule has 0 saturated heterocycles. The van der Waals surface area contributed by atoms with Gasteiger partial charge in [0.1, 0.15) is 5.56 Å². The van der Waals surface area contributed by atoms with Crippen molar-refractivity contribution >= 4 is 11.6 Å². The van der Waals surface area contributed by atoms with E-state index in [9.17, 15) is 9.59 Å². The van der Waals surface area contributed by atoms with Crippen molar-refractivity contribution in [2.45, 2.75) is 6.54 Å². The molecule has 0 saturated carbocycles. The summed E-state index contributed by atoms with van der Waals surface area (Å²) in [5.74, 6) is -0.287. The topological polar surface area (TPSA) is 79.3 Å². The standard InChI is InChI=1S/C20H16N4O2/c25-18-11-17(15-9-5-2-6-10-15)23-19-16(13-22-24(18)19)20(26)21-12-14-7-3-1-4-8-14/h1-11,13,23H,12H2,(H,21,26). The van der Waals surface area contributed by atoms with E-state index in [1.165, 1.54) is 16.8 Å². The fourth-order valence-electron chi connectivity index (χ4n) is 2.80. The van der Waals surface area contributed by atoms with E-state index >= 15 is 0 Å². The molecule has 6 nitrogen and oxygen atoms in total. The van der Waals surface area contributed by atoms with Crippen LogP contribution in [0.4, 0.5) is 0 Å². The second kappa shape index (κ2) is 6.68. The average Bonchev–Trinajstić information content (AvgIpc) is 3.12. The van der Waals surface area contributed by atoms with Crippen LogP contribution < -0.4 is 10.9 Å². The highest BCUT2D eigenvalue weighted by atomic mass is 16.2. The minimum atomic E-state index is -0.292. The Morgan fingerprint density at radius 3 is 2.46 bits per heavy atom. The molecule has 6 heteroatoms. The van der Waals surface area contributed by atoms with Crippen LogP contribution >= 0.6 is 0 Å². The maximum Gasteiger partial charge on any atom is 0.274 e. The SMILES string of the molecule is O=C(NCc1ccccc1)c1cnn2c(=O)cc(-c3ccccc3)[nH]c12. The van der Waals surface area contributed by atoms with Gasteiger partial charge in [-0.2, -0.15) is 9.61 Å². The third-order valence-electron chi connectivity index (χ3n) is 4.12. The van der Waals surface area contributed by atoms with E-state index in [0.29, 0.717) is 23.4 Å². The monoisotopic (exact) mass is 344 g/mol. The highest BCUT2D eigenvalue weighted by Gasteiger charge is 2.15. The van der Waals surface area contributed by atoms with Crippen LogP contribution in [-0.4, -0.2) is 20.5 Å². The van der Waals surface area contributed by atoms with Gasteiger partial charge >= 0.3 is 0 Å². The summed E-state index contributed by atoms with van der Waals surface area (Å²) in [6.07, 6.45) is 1.41. The van der Waals surface area contributed by atoms with Gasteiger partial charge in [0.2, 0.25) is 0 Å². The lowest BCUT2D eigenvalue weighted by Gasteiger charge is -2.06. The first-order valence-electron chi connectivity index (χ1n) is 8.21. The van der Waals surface area contributed by atoms with Crippen LogP contribution in [0.5, 0.6) is 0 Å². The van der Waals surface area contributed by atoms with Gasteiger partial charge in [-0.3, -0.25) is 9.59 Å². The zero-order valence-electron chi connectivity index (χ0n) is 13.8. The first-order valence-corrected chi connectivity index (χ1v) is 8.21. The summed E-state index contributed by atoms with van der Waals surface area (Å²) >= 11 is 0. The number of aromatic nitrogens is 3. The summed E-state index contributed by atoms with van der Waals surface area (Å²) in [7, 11) is 0. The summed E-state index contributed by atoms with van der Waals surface area (Å²) in [5.41, 5.74) is 2.91. The Hall–Kier alpha value is -3.67. The molecule has 2 N–H and O–H groups in total. The van der Waals surface area contributed by atoms with Crippen LogP contribution in [0.25, 0.3) is 16.9 Å². The molecule has 0 spiro atoms. The number of nitrogens with one attached hydrogen (secondary N) is 2. The molecule has 1 amide bonds. The summed E-state index contributed by atoms with van der Waals surface area (Å²) in [4.78, 5) is 28.1. The molecule has 0 radical (unpaired) electrons. The fourth-order valence-corrected chi connectivity index (χ4v) is 2.80. The zero-order chi connectivity index (χ0) is 17.9. The molecule has 0 fully saturated rings. The molecule has 0 aliphatic heterocycles. The first kappa shape index (κ1) is 15.8. The van der Waals surface area contributed by atoms with E-state index in [2.05, 4.69) is 15.4 Å². The maximum atomic E-state index is 12.6. The van der Waals surface area contributed by atoms with Gasteiger partial charge in [-0.05, 0) is 11.1 Å². The second-order valence-electron chi connectivity index (χ2n) is 5.87. The van der Waals surface area contributed by atoms with Crippen molar-refractivity contribution in [3.05, 3.63) is 94.4 Å². The number of carbonyl (C=O) groups excluding carboxylic acids is 1. The lowest BCUT2D eigenvalue weighted by atomic mass is 10.1. The summed E-state index contributed by atoms with van der Waals surface area (Å²) < 4.78 is 1.20. The van der Waals surface area contributed by atoms with Gasteiger partial charge < -0.3 is 10.3 Å². The van der Waals surface area contributed by atoms with Gasteiger partial charge in [-0.25, -0.2) is 0 Å². The van der Waals surface area contributed by atoms with Crippen LogP contribution in [0.3, 0.4) is 0 Å². The average molecular weight is 344 g/mol. The number of carbonyl (C=O) groups is 1. The highest BCUT2D eigenvalue weighted by Crippen LogP contribution is 2.17. The van der Waals surface area contributed by atoms with E-state index in [0.717, 1.165) is 11.1 Å². The van der Waals surface area contributed by atoms with E-state index < -0.39 is 0 Å². The number of H-pyrrole nitrogens is 1. The maximum absolute atomic E-state index is 12.6. The minimum Gasteiger partial charge on any atom is -0.348 e. The van der Waals surface area contributed by atoms with Crippen LogP contribution in [0.15, 0.2) is 77.7 Å². The third kappa shape index (κ3) is 3.00. The summed E-state index contributed by atoms with van der Waals surface area (Å²) in [6, 6.07) is 20.6. The first-order chi connectivity index (χ1) is 12.7. The Kier molecular flexibility index (Phi) is 4.07. The molecule has 0 atom stereocenters. The number of aromatic amines is 1. The molecule has 0 bridgehead atoms. The number of rotatable bonds is 4. The quantitative estimate of drug-likeness (QED) is 0.597. The number of hydrogen-bond donors (Lipinski definition) is 2. The molecule has 2 heterocycles. The molecule has 2 aromatic carbocycles. The van der Waals surface area contributed by atoms with Gasteiger partial charge in [-0.1, -0.05) is 60.7 Å². The van der Waals surface area contributed by atoms with Crippen LogP contribution in [-0.2, 0) is 6.54 Å². The zero-order valence-corrected chi connectivity index (χ0v) is 13.8. The molecule has 0 unspecified atom stereocenters. The Morgan fingerprint density at radius 1 is 1.04 bits per heavy atom. The predicted octanol–water partition coefficient (Wildman–Crippen LogP) is 2.62. The van der Waals surface area contributed by atoms with Crippen molar-refractivity contribution in [3.8, 4) is 11.3 Å². The van der Waals surface area contributed by atoms with E-state index in [4.69, 9.17) is 0 Å². The van der Waals surface area contributed by atoms with Crippen molar-refractivity contribution in [2.24, 2.45) is 0 Å². The second-order valence-corrected chi connectivity index (χ2v) is 5.87. The molecule has 26 heavy (non-hydrogen) atoms. The smallest absolute Gasteiger partial charge is 0.274 e. The molecule has 4 rings (SSSR count). The number of hydrogen-bond acceptors (Lipinski definition) is 3. The van der Waals surface area contributed by atoms with Gasteiger partial charge in [0, 0.05) is 12.6 Å². The van der Waals surface area contributed by atoms with Crippen molar-refractivity contribution in [3.63, 3.8) is 0 Å². The number of fused-ring (bicyclic) bond motifs is 1. The molecule has 2 aromatic heterocycles. The molecule has 4 aromatic rings. The van der Waals surface area contributed by atoms with Gasteiger partial charge in [-0.15, -0.1) is 0 Å². The minimum absolute atomic E-state index is 0.287. The van der Waals surface area contributed by atoms with Crippen LogP contribution in [0.2, 0.25) is 0 Å². The van der Waals surface area contributed by atoms with E-state index in [-0.39, 0.29) is 11.5 Å². The Labute approximate surface area is 149 Å². The van der Waals surface area contributed by atoms with Crippen molar-refractivity contribution in [1.82, 2.24) is 19.9 Å². The fraction of sp³-hybridized carbons (Fsp3) is 0.0500. The molecular formula is C20H16N4O2. The van der Waals surface area contributed by atoms with Gasteiger partial charge in [0.05, 0.1) is 11.9 Å². The van der Waals surface area contributed by atoms with Gasteiger partial charge in [0.15, 0.2) is 5.65 Å². The lowest BCUT2D eigenvalue weighted by molar-refractivity contribution is 0.0952. The summed E-state index contributed by atoms with van der Waals surface area (Å²) in [6.45, 7) is 0.402. The van der Waals surface area contributed by atoms with Crippen molar-refractivity contribution in [2.75, 3.05) is 0 Å². The normalized spacial score (nSPS) is 10.8. The Morgan fingerprint density at radius 2 is 1.73 bits per heavy atom. The predicted molar refractivity (Wildman–Crippen MR) is 98.9 cm³/mol. The summed E-state index contributed by atoms with van der Waals surface area (Å²) in [5, 5.41) is 6.90. The Balaban J connectivity index is 1.68. The van der Waals surface area contributed by atoms with Crippen molar-refractivity contribution < 1.29 is 4.79 Å². The highest BCUT2D eigenvalue weighted by molar-refractivity contribution is 5.99. The molecule has 128 valence electrons. The third-order valence-corrected chi connectivity index (χ3v) is 4.12. The number of nitrogens with zero attached hydrogens (tertiary/aromatic N) is 2. The van der Waals surface area contributed by atoms with E-state index in [1.54, 1.807) is 0 Å². The van der Waals surface area contributed by atoms with Crippen LogP contribution in [0.1, 0.15) is 15.9 Å². The molecule has 0 aliphatic carbocycles. The molecular weight excluding hydrogens is 328 g/mol. The lowest BCUT2D eigenvalue weighted by Crippen LogP contribution is -2.23. The van der Waals surface area contributed by atoms with Crippen LogP contribution in [0, 0.1) is 0 Å². The Bertz CT molecular complexity index is 1110. The van der Waals surface area contributed by atoms with Gasteiger partial charge in [0.25, 0.3) is 11.5 Å². The molecule has 0 aliphatic rings. The van der Waals surface area contributed by atoms with Crippen molar-refractivity contribution in [1.29, 1.82) is 0 Å². The largest absolute Gasteiger partial charge is 0.348 e. The number of amides is 1. The number of benzene rings is 2.